The first-order valence-electron chi connectivity index (χ1n) is 11.6. The fraction of sp³-hybridized carbons (Fsp3) is 0.440. The van der Waals surface area contributed by atoms with Gasteiger partial charge in [-0.3, -0.25) is 4.79 Å². The number of rotatable bonds is 8. The van der Waals surface area contributed by atoms with E-state index in [9.17, 15) is 19.5 Å². The van der Waals surface area contributed by atoms with Crippen LogP contribution in [0.5, 0.6) is 0 Å². The van der Waals surface area contributed by atoms with Crippen molar-refractivity contribution in [3.05, 3.63) is 63.9 Å². The van der Waals surface area contributed by atoms with Gasteiger partial charge >= 0.3 is 11.9 Å². The summed E-state index contributed by atoms with van der Waals surface area (Å²) in [5, 5.41) is 11.0. The minimum atomic E-state index is -0.809. The number of unbranched alkanes of at least 4 members (excludes halogenated alkanes) is 1. The number of carbonyl (C=O) groups is 3. The van der Waals surface area contributed by atoms with Crippen molar-refractivity contribution in [3.8, 4) is 0 Å². The van der Waals surface area contributed by atoms with E-state index >= 15 is 0 Å². The number of amides is 1. The fourth-order valence-corrected chi connectivity index (χ4v) is 4.59. The van der Waals surface area contributed by atoms with E-state index in [1.807, 2.05) is 16.7 Å². The van der Waals surface area contributed by atoms with Crippen LogP contribution >= 0.6 is 0 Å². The van der Waals surface area contributed by atoms with Crippen LogP contribution in [0.15, 0.2) is 35.6 Å². The van der Waals surface area contributed by atoms with E-state index in [2.05, 4.69) is 6.92 Å². The van der Waals surface area contributed by atoms with Gasteiger partial charge in [0.05, 0.1) is 30.7 Å². The number of esters is 2. The number of imidazole rings is 1. The first kappa shape index (κ1) is 23.5. The van der Waals surface area contributed by atoms with Crippen molar-refractivity contribution in [2.24, 2.45) is 0 Å². The van der Waals surface area contributed by atoms with Crippen LogP contribution in [0.1, 0.15) is 65.9 Å². The number of hydrogen-bond acceptors (Lipinski definition) is 7. The summed E-state index contributed by atoms with van der Waals surface area (Å²) in [6.45, 7) is 4.68. The lowest BCUT2D eigenvalue weighted by Gasteiger charge is -2.31. The van der Waals surface area contributed by atoms with Gasteiger partial charge in [0.1, 0.15) is 17.6 Å². The van der Waals surface area contributed by atoms with E-state index < -0.39 is 23.9 Å². The van der Waals surface area contributed by atoms with E-state index in [4.69, 9.17) is 14.5 Å². The van der Waals surface area contributed by atoms with Gasteiger partial charge in [-0.1, -0.05) is 25.5 Å². The Kier molecular flexibility index (Phi) is 6.72. The number of aryl methyl sites for hydroxylation is 1. The third kappa shape index (κ3) is 4.06. The van der Waals surface area contributed by atoms with Gasteiger partial charge in [0.15, 0.2) is 5.57 Å². The Hall–Kier alpha value is -3.62. The number of ether oxygens (including phenoxy) is 2. The maximum atomic E-state index is 13.0. The Balaban J connectivity index is 1.76. The average molecular weight is 468 g/mol. The number of aromatic nitrogens is 2. The molecule has 9 nitrogen and oxygen atoms in total. The molecule has 0 bridgehead atoms. The summed E-state index contributed by atoms with van der Waals surface area (Å²) >= 11 is 0. The summed E-state index contributed by atoms with van der Waals surface area (Å²) in [6, 6.07) is 6.34. The first-order chi connectivity index (χ1) is 16.4. The third-order valence-corrected chi connectivity index (χ3v) is 6.26. The monoisotopic (exact) mass is 467 g/mol. The molecule has 0 fully saturated rings. The normalized spacial score (nSPS) is 17.0. The second-order valence-corrected chi connectivity index (χ2v) is 8.37. The lowest BCUT2D eigenvalue weighted by molar-refractivity contribution is -0.141. The zero-order valence-electron chi connectivity index (χ0n) is 19.7. The molecule has 1 amide bonds. The summed E-state index contributed by atoms with van der Waals surface area (Å²) in [7, 11) is 1.34. The summed E-state index contributed by atoms with van der Waals surface area (Å²) in [4.78, 5) is 43.6. The van der Waals surface area contributed by atoms with Crippen LogP contribution in [0.3, 0.4) is 0 Å². The van der Waals surface area contributed by atoms with E-state index in [-0.39, 0.29) is 17.9 Å². The molecule has 1 N–H and O–H groups in total. The lowest BCUT2D eigenvalue weighted by atomic mass is 10.0. The molecule has 4 rings (SSSR count). The predicted octanol–water partition coefficient (Wildman–Crippen LogP) is 2.88. The van der Waals surface area contributed by atoms with Gasteiger partial charge in [0.25, 0.3) is 5.91 Å². The number of methoxy groups -OCH3 is 1. The zero-order valence-corrected chi connectivity index (χ0v) is 19.7. The van der Waals surface area contributed by atoms with E-state index in [0.717, 1.165) is 42.0 Å². The summed E-state index contributed by atoms with van der Waals surface area (Å²) in [5.41, 5.74) is 2.63. The van der Waals surface area contributed by atoms with E-state index in [0.29, 0.717) is 25.1 Å². The molecule has 1 atom stereocenters. The smallest absolute Gasteiger partial charge is 0.347 e. The molecule has 2 aliphatic rings. The Morgan fingerprint density at radius 2 is 1.91 bits per heavy atom. The average Bonchev–Trinajstić information content (AvgIpc) is 3.31. The number of hydrogen-bond donors (Lipinski definition) is 1. The van der Waals surface area contributed by atoms with Gasteiger partial charge in [-0.05, 0) is 31.0 Å². The van der Waals surface area contributed by atoms with Crippen molar-refractivity contribution < 1.29 is 29.0 Å². The van der Waals surface area contributed by atoms with Crippen LogP contribution in [0.2, 0.25) is 0 Å². The highest BCUT2D eigenvalue weighted by atomic mass is 16.5. The van der Waals surface area contributed by atoms with Crippen molar-refractivity contribution in [1.82, 2.24) is 14.5 Å². The molecule has 2 aromatic rings. The van der Waals surface area contributed by atoms with Gasteiger partial charge < -0.3 is 24.0 Å². The Morgan fingerprint density at radius 3 is 2.56 bits per heavy atom. The molecule has 2 aliphatic heterocycles. The quantitative estimate of drug-likeness (QED) is 0.469. The second-order valence-electron chi connectivity index (χ2n) is 8.37. The highest BCUT2D eigenvalue weighted by Gasteiger charge is 2.48. The molecule has 0 saturated heterocycles. The molecule has 1 aromatic heterocycles. The third-order valence-electron chi connectivity index (χ3n) is 6.26. The summed E-state index contributed by atoms with van der Waals surface area (Å²) in [5.74, 6) is -1.14. The topological polar surface area (TPSA) is 111 Å². The van der Waals surface area contributed by atoms with Crippen LogP contribution in [0, 0.1) is 0 Å². The first-order valence-corrected chi connectivity index (χ1v) is 11.6. The van der Waals surface area contributed by atoms with Gasteiger partial charge in [-0.2, -0.15) is 0 Å². The minimum Gasteiger partial charge on any atom is -0.509 e. The maximum Gasteiger partial charge on any atom is 0.347 e. The molecule has 180 valence electrons. The number of aliphatic hydroxyl groups is 1. The molecule has 0 spiro atoms. The van der Waals surface area contributed by atoms with Crippen LogP contribution in [-0.4, -0.2) is 57.7 Å². The van der Waals surface area contributed by atoms with Gasteiger partial charge in [-0.15, -0.1) is 0 Å². The standard InChI is InChI=1S/C25H29N3O6/c1-4-6-7-18-26-17-12-13-27-21(22(29)19(23(27)30)25(32)34-5-2)20(17)28(18)14-15-8-10-16(11-9-15)24(31)33-3/h8-11,21,29H,4-7,12-14H2,1-3H3. The number of benzene rings is 1. The van der Waals surface area contributed by atoms with Crippen molar-refractivity contribution in [3.63, 3.8) is 0 Å². The number of nitrogens with zero attached hydrogens (tertiary/aromatic N) is 3. The number of aliphatic hydroxyl groups excluding tert-OH is 1. The predicted molar refractivity (Wildman–Crippen MR) is 122 cm³/mol. The molecule has 0 radical (unpaired) electrons. The summed E-state index contributed by atoms with van der Waals surface area (Å²) < 4.78 is 11.8. The van der Waals surface area contributed by atoms with Gasteiger partial charge in [0, 0.05) is 25.9 Å². The van der Waals surface area contributed by atoms with Crippen molar-refractivity contribution in [2.45, 2.75) is 52.1 Å². The number of fused-ring (bicyclic) bond motifs is 3. The fourth-order valence-electron chi connectivity index (χ4n) is 4.59. The molecule has 3 heterocycles. The minimum absolute atomic E-state index is 0.111. The van der Waals surface area contributed by atoms with E-state index in [1.165, 1.54) is 12.0 Å². The molecule has 9 heteroatoms. The molecule has 1 unspecified atom stereocenters. The molecule has 0 saturated carbocycles. The molecular formula is C25H29N3O6. The second kappa shape index (κ2) is 9.70. The van der Waals surface area contributed by atoms with Gasteiger partial charge in [0.2, 0.25) is 0 Å². The van der Waals surface area contributed by atoms with Crippen LogP contribution in [0.25, 0.3) is 0 Å². The van der Waals surface area contributed by atoms with Gasteiger partial charge in [-0.25, -0.2) is 14.6 Å². The lowest BCUT2D eigenvalue weighted by Crippen LogP contribution is -2.38. The Morgan fingerprint density at radius 1 is 1.18 bits per heavy atom. The van der Waals surface area contributed by atoms with Crippen molar-refractivity contribution >= 4 is 17.8 Å². The molecular weight excluding hydrogens is 438 g/mol. The molecule has 0 aliphatic carbocycles. The Labute approximate surface area is 198 Å². The van der Waals surface area contributed by atoms with Crippen LogP contribution in [-0.2, 0) is 38.4 Å². The largest absolute Gasteiger partial charge is 0.509 e. The van der Waals surface area contributed by atoms with E-state index in [1.54, 1.807) is 19.1 Å². The van der Waals surface area contributed by atoms with Crippen LogP contribution in [0.4, 0.5) is 0 Å². The molecule has 34 heavy (non-hydrogen) atoms. The maximum absolute atomic E-state index is 13.0. The Bertz CT molecular complexity index is 1150. The zero-order chi connectivity index (χ0) is 24.4. The van der Waals surface area contributed by atoms with Crippen LogP contribution < -0.4 is 0 Å². The SMILES string of the molecule is CCCCc1nc2c(n1Cc1ccc(C(=O)OC)cc1)C1C(O)=C(C(=O)OCC)C(=O)N1CC2. The molecule has 1 aromatic carbocycles. The van der Waals surface area contributed by atoms with Crippen molar-refractivity contribution in [1.29, 1.82) is 0 Å². The highest BCUT2D eigenvalue weighted by molar-refractivity contribution is 6.18. The number of carbonyl (C=O) groups excluding carboxylic acids is 3. The highest BCUT2D eigenvalue weighted by Crippen LogP contribution is 2.42. The van der Waals surface area contributed by atoms with Crippen molar-refractivity contribution in [2.75, 3.05) is 20.3 Å². The summed E-state index contributed by atoms with van der Waals surface area (Å²) in [6.07, 6.45) is 3.23.